The standard InChI is InChI=1S/C22H20Cl2N4O4S/c1-12-4-5-15(27-22(30)25-3)10-17(12)21(29)20-19(9-14(23)11-26-20)28-33(31,32)16-6-7-18(24)13(2)8-16/h4-11,28H,1-3H3,(H2,25,27,30). The summed E-state index contributed by atoms with van der Waals surface area (Å²) in [6.45, 7) is 3.40. The molecule has 3 N–H and O–H groups in total. The molecule has 1 heterocycles. The van der Waals surface area contributed by atoms with E-state index < -0.39 is 21.8 Å². The summed E-state index contributed by atoms with van der Waals surface area (Å²) < 4.78 is 28.3. The van der Waals surface area contributed by atoms with Crippen LogP contribution in [0.25, 0.3) is 0 Å². The summed E-state index contributed by atoms with van der Waals surface area (Å²) in [5, 5.41) is 5.59. The molecular formula is C22H20Cl2N4O4S. The smallest absolute Gasteiger partial charge is 0.318 e. The van der Waals surface area contributed by atoms with E-state index in [2.05, 4.69) is 20.3 Å². The summed E-state index contributed by atoms with van der Waals surface area (Å²) in [6.07, 6.45) is 1.25. The molecule has 0 aliphatic rings. The fraction of sp³-hybridized carbons (Fsp3) is 0.136. The third kappa shape index (κ3) is 5.62. The van der Waals surface area contributed by atoms with Gasteiger partial charge in [0.1, 0.15) is 5.69 Å². The van der Waals surface area contributed by atoms with Gasteiger partial charge in [0.2, 0.25) is 5.78 Å². The van der Waals surface area contributed by atoms with Gasteiger partial charge in [0.05, 0.1) is 15.6 Å². The lowest BCUT2D eigenvalue weighted by Gasteiger charge is -2.14. The van der Waals surface area contributed by atoms with Crippen molar-refractivity contribution < 1.29 is 18.0 Å². The maximum absolute atomic E-state index is 13.3. The third-order valence-corrected chi connectivity index (χ3v) is 6.71. The Morgan fingerprint density at radius 3 is 2.36 bits per heavy atom. The van der Waals surface area contributed by atoms with E-state index in [4.69, 9.17) is 23.2 Å². The number of hydrogen-bond donors (Lipinski definition) is 3. The Morgan fingerprint density at radius 1 is 0.970 bits per heavy atom. The molecule has 11 heteroatoms. The van der Waals surface area contributed by atoms with Gasteiger partial charge in [0.15, 0.2) is 0 Å². The van der Waals surface area contributed by atoms with Crippen molar-refractivity contribution in [3.63, 3.8) is 0 Å². The Labute approximate surface area is 201 Å². The van der Waals surface area contributed by atoms with Crippen molar-refractivity contribution in [3.8, 4) is 0 Å². The number of sulfonamides is 1. The van der Waals surface area contributed by atoms with Crippen LogP contribution in [0.1, 0.15) is 27.2 Å². The first kappa shape index (κ1) is 24.5. The molecule has 1 aromatic heterocycles. The van der Waals surface area contributed by atoms with Gasteiger partial charge in [-0.1, -0.05) is 29.3 Å². The van der Waals surface area contributed by atoms with Crippen molar-refractivity contribution in [2.24, 2.45) is 0 Å². The Hall–Kier alpha value is -3.14. The predicted octanol–water partition coefficient (Wildman–Crippen LogP) is 4.79. The molecule has 2 amide bonds. The monoisotopic (exact) mass is 506 g/mol. The van der Waals surface area contributed by atoms with E-state index in [-0.39, 0.29) is 26.9 Å². The molecule has 3 aromatic rings. The second-order valence-electron chi connectivity index (χ2n) is 7.13. The van der Waals surface area contributed by atoms with E-state index in [0.29, 0.717) is 21.8 Å². The number of nitrogens with one attached hydrogen (secondary N) is 3. The number of amides is 2. The Kier molecular flexibility index (Phi) is 7.26. The van der Waals surface area contributed by atoms with Crippen LogP contribution in [0.4, 0.5) is 16.2 Å². The molecule has 0 spiro atoms. The van der Waals surface area contributed by atoms with Gasteiger partial charge >= 0.3 is 6.03 Å². The molecule has 172 valence electrons. The first-order chi connectivity index (χ1) is 15.5. The number of urea groups is 1. The van der Waals surface area contributed by atoms with Crippen LogP contribution in [0.5, 0.6) is 0 Å². The minimum absolute atomic E-state index is 0.0317. The average Bonchev–Trinajstić information content (AvgIpc) is 2.76. The summed E-state index contributed by atoms with van der Waals surface area (Å²) in [4.78, 5) is 29.0. The molecule has 8 nitrogen and oxygen atoms in total. The molecule has 0 bridgehead atoms. The zero-order valence-corrected chi connectivity index (χ0v) is 20.2. The van der Waals surface area contributed by atoms with Crippen LogP contribution in [0.15, 0.2) is 53.6 Å². The number of ketones is 1. The van der Waals surface area contributed by atoms with Crippen molar-refractivity contribution in [3.05, 3.63) is 81.1 Å². The fourth-order valence-electron chi connectivity index (χ4n) is 2.95. The van der Waals surface area contributed by atoms with Crippen molar-refractivity contribution in [2.45, 2.75) is 18.7 Å². The molecule has 0 saturated carbocycles. The number of pyridine rings is 1. The van der Waals surface area contributed by atoms with Crippen LogP contribution in [0.2, 0.25) is 10.0 Å². The zero-order chi connectivity index (χ0) is 24.3. The van der Waals surface area contributed by atoms with E-state index in [9.17, 15) is 18.0 Å². The summed E-state index contributed by atoms with van der Waals surface area (Å²) >= 11 is 12.0. The van der Waals surface area contributed by atoms with E-state index in [1.165, 1.54) is 43.6 Å². The van der Waals surface area contributed by atoms with Gasteiger partial charge in [-0.2, -0.15) is 0 Å². The Balaban J connectivity index is 2.02. The molecule has 0 saturated heterocycles. The maximum Gasteiger partial charge on any atom is 0.318 e. The average molecular weight is 507 g/mol. The second-order valence-corrected chi connectivity index (χ2v) is 9.66. The van der Waals surface area contributed by atoms with Crippen LogP contribution in [-0.2, 0) is 10.0 Å². The molecule has 33 heavy (non-hydrogen) atoms. The van der Waals surface area contributed by atoms with Gasteiger partial charge in [-0.15, -0.1) is 0 Å². The number of anilines is 2. The minimum atomic E-state index is -4.07. The molecule has 0 radical (unpaired) electrons. The topological polar surface area (TPSA) is 117 Å². The van der Waals surface area contributed by atoms with E-state index in [0.717, 1.165) is 0 Å². The molecule has 0 fully saturated rings. The van der Waals surface area contributed by atoms with E-state index >= 15 is 0 Å². The Morgan fingerprint density at radius 2 is 1.70 bits per heavy atom. The second kappa shape index (κ2) is 9.78. The number of aromatic nitrogens is 1. The third-order valence-electron chi connectivity index (χ3n) is 4.72. The summed E-state index contributed by atoms with van der Waals surface area (Å²) in [5.41, 5.74) is 1.59. The normalized spacial score (nSPS) is 11.1. The number of hydrogen-bond acceptors (Lipinski definition) is 5. The molecule has 3 rings (SSSR count). The number of carbonyl (C=O) groups excluding carboxylic acids is 2. The van der Waals surface area contributed by atoms with Crippen LogP contribution in [-0.4, -0.2) is 32.3 Å². The van der Waals surface area contributed by atoms with Gasteiger partial charge in [0, 0.05) is 29.5 Å². The number of nitrogens with zero attached hydrogens (tertiary/aromatic N) is 1. The number of benzene rings is 2. The highest BCUT2D eigenvalue weighted by molar-refractivity contribution is 7.92. The minimum Gasteiger partial charge on any atom is -0.341 e. The lowest BCUT2D eigenvalue weighted by Crippen LogP contribution is -2.24. The van der Waals surface area contributed by atoms with E-state index in [1.807, 2.05) is 0 Å². The van der Waals surface area contributed by atoms with Gasteiger partial charge < -0.3 is 10.6 Å². The first-order valence-corrected chi connectivity index (χ1v) is 11.8. The largest absolute Gasteiger partial charge is 0.341 e. The first-order valence-electron chi connectivity index (χ1n) is 9.60. The van der Waals surface area contributed by atoms with E-state index in [1.54, 1.807) is 26.0 Å². The predicted molar refractivity (Wildman–Crippen MR) is 129 cm³/mol. The molecule has 0 atom stereocenters. The number of carbonyl (C=O) groups is 2. The zero-order valence-electron chi connectivity index (χ0n) is 17.9. The van der Waals surface area contributed by atoms with Gasteiger partial charge in [-0.3, -0.25) is 9.52 Å². The molecular weight excluding hydrogens is 487 g/mol. The van der Waals surface area contributed by atoms with Gasteiger partial charge in [-0.25, -0.2) is 18.2 Å². The lowest BCUT2D eigenvalue weighted by molar-refractivity contribution is 0.103. The van der Waals surface area contributed by atoms with Crippen LogP contribution in [0, 0.1) is 13.8 Å². The lowest BCUT2D eigenvalue weighted by atomic mass is 10.0. The van der Waals surface area contributed by atoms with Crippen molar-refractivity contribution in [2.75, 3.05) is 17.1 Å². The quantitative estimate of drug-likeness (QED) is 0.415. The molecule has 0 aliphatic carbocycles. The van der Waals surface area contributed by atoms with Crippen LogP contribution >= 0.6 is 23.2 Å². The Bertz CT molecular complexity index is 1360. The van der Waals surface area contributed by atoms with Crippen LogP contribution < -0.4 is 15.4 Å². The SMILES string of the molecule is CNC(=O)Nc1ccc(C)c(C(=O)c2ncc(Cl)cc2NS(=O)(=O)c2ccc(Cl)c(C)c2)c1. The van der Waals surface area contributed by atoms with Crippen molar-refractivity contribution in [1.29, 1.82) is 0 Å². The van der Waals surface area contributed by atoms with Gasteiger partial charge in [-0.05, 0) is 61.4 Å². The molecule has 2 aromatic carbocycles. The van der Waals surface area contributed by atoms with Crippen LogP contribution in [0.3, 0.4) is 0 Å². The number of rotatable bonds is 6. The highest BCUT2D eigenvalue weighted by atomic mass is 35.5. The summed E-state index contributed by atoms with van der Waals surface area (Å²) in [7, 11) is -2.60. The number of halogens is 2. The highest BCUT2D eigenvalue weighted by Gasteiger charge is 2.23. The summed E-state index contributed by atoms with van der Waals surface area (Å²) in [6, 6.07) is 9.90. The van der Waals surface area contributed by atoms with Crippen molar-refractivity contribution in [1.82, 2.24) is 10.3 Å². The fourth-order valence-corrected chi connectivity index (χ4v) is 4.37. The molecule has 0 aliphatic heterocycles. The number of aryl methyl sites for hydroxylation is 2. The molecule has 0 unspecified atom stereocenters. The van der Waals surface area contributed by atoms with Gasteiger partial charge in [0.25, 0.3) is 10.0 Å². The van der Waals surface area contributed by atoms with Crippen molar-refractivity contribution >= 4 is 56.4 Å². The highest BCUT2D eigenvalue weighted by Crippen LogP contribution is 2.27. The maximum atomic E-state index is 13.3. The summed E-state index contributed by atoms with van der Waals surface area (Å²) in [5.74, 6) is -0.547.